The quantitative estimate of drug-likeness (QED) is 0.630. The zero-order valence-corrected chi connectivity index (χ0v) is 14.1. The van der Waals surface area contributed by atoms with Gasteiger partial charge in [0.15, 0.2) is 0 Å². The number of hydrogen-bond acceptors (Lipinski definition) is 5. The summed E-state index contributed by atoms with van der Waals surface area (Å²) in [6, 6.07) is 9.53. The Morgan fingerprint density at radius 3 is 2.75 bits per heavy atom. The Labute approximate surface area is 147 Å². The Hall–Kier alpha value is -2.45. The number of aliphatic carboxylic acids is 1. The number of aryl methyl sites for hydroxylation is 1. The van der Waals surface area contributed by atoms with E-state index < -0.39 is 5.97 Å². The minimum Gasteiger partial charge on any atom is -0.481 e. The van der Waals surface area contributed by atoms with Crippen molar-refractivity contribution in [2.45, 2.75) is 13.0 Å². The minimum absolute atomic E-state index is 0.0226. The van der Waals surface area contributed by atoms with E-state index in [0.717, 1.165) is 11.1 Å². The van der Waals surface area contributed by atoms with Gasteiger partial charge in [0, 0.05) is 17.3 Å². The molecular weight excluding hydrogens is 346 g/mol. The van der Waals surface area contributed by atoms with Crippen molar-refractivity contribution in [1.82, 2.24) is 15.1 Å². The maximum atomic E-state index is 11.9. The Morgan fingerprint density at radius 2 is 2.12 bits per heavy atom. The van der Waals surface area contributed by atoms with E-state index in [0.29, 0.717) is 14.9 Å². The Kier molecular flexibility index (Phi) is 4.77. The molecule has 1 aliphatic heterocycles. The summed E-state index contributed by atoms with van der Waals surface area (Å²) in [5.41, 5.74) is 2.33. The summed E-state index contributed by atoms with van der Waals surface area (Å²) in [4.78, 5) is 23.1. The number of nitrogens with one attached hydrogen (secondary N) is 1. The second-order valence-electron chi connectivity index (χ2n) is 5.06. The molecule has 0 radical (unpaired) electrons. The summed E-state index contributed by atoms with van der Waals surface area (Å²) in [6.07, 6.45) is 3.45. The molecule has 6 nitrogen and oxygen atoms in total. The summed E-state index contributed by atoms with van der Waals surface area (Å²) in [7, 11) is 0. The molecule has 122 valence electrons. The van der Waals surface area contributed by atoms with E-state index in [1.807, 2.05) is 30.3 Å². The van der Waals surface area contributed by atoms with E-state index >= 15 is 0 Å². The van der Waals surface area contributed by atoms with Crippen LogP contribution in [0.2, 0.25) is 0 Å². The highest BCUT2D eigenvalue weighted by Crippen LogP contribution is 2.30. The van der Waals surface area contributed by atoms with Gasteiger partial charge in [0.25, 0.3) is 5.91 Å². The largest absolute Gasteiger partial charge is 0.481 e. The molecule has 2 heterocycles. The van der Waals surface area contributed by atoms with Gasteiger partial charge in [0.1, 0.15) is 4.32 Å². The number of carbonyl (C=O) groups excluding carboxylic acids is 1. The number of amides is 1. The van der Waals surface area contributed by atoms with Crippen molar-refractivity contribution in [3.63, 3.8) is 0 Å². The van der Waals surface area contributed by atoms with Gasteiger partial charge in [-0.3, -0.25) is 14.3 Å². The SMILES string of the molecule is O=C(O)CCn1cc(/C=C2/SC(=S)NC2=O)c(-c2ccccc2)n1. The van der Waals surface area contributed by atoms with Crippen LogP contribution in [0.1, 0.15) is 12.0 Å². The summed E-state index contributed by atoms with van der Waals surface area (Å²) in [6.45, 7) is 0.260. The lowest BCUT2D eigenvalue weighted by Gasteiger charge is -1.99. The minimum atomic E-state index is -0.886. The molecule has 1 saturated heterocycles. The molecule has 0 saturated carbocycles. The lowest BCUT2D eigenvalue weighted by atomic mass is 10.1. The first-order valence-electron chi connectivity index (χ1n) is 7.12. The van der Waals surface area contributed by atoms with Crippen LogP contribution >= 0.6 is 24.0 Å². The molecule has 0 bridgehead atoms. The third-order valence-electron chi connectivity index (χ3n) is 3.32. The predicted octanol–water partition coefficient (Wildman–Crippen LogP) is 2.51. The van der Waals surface area contributed by atoms with Crippen molar-refractivity contribution in [3.05, 3.63) is 47.0 Å². The van der Waals surface area contributed by atoms with E-state index in [4.69, 9.17) is 17.3 Å². The molecule has 1 fully saturated rings. The van der Waals surface area contributed by atoms with Crippen molar-refractivity contribution in [1.29, 1.82) is 0 Å². The number of thioether (sulfide) groups is 1. The molecule has 8 heteroatoms. The maximum Gasteiger partial charge on any atom is 0.305 e. The number of nitrogens with zero attached hydrogens (tertiary/aromatic N) is 2. The third-order valence-corrected chi connectivity index (χ3v) is 4.48. The molecule has 1 aromatic heterocycles. The number of rotatable bonds is 5. The fourth-order valence-electron chi connectivity index (χ4n) is 2.25. The van der Waals surface area contributed by atoms with E-state index in [1.165, 1.54) is 11.8 Å². The van der Waals surface area contributed by atoms with Gasteiger partial charge in [-0.05, 0) is 6.08 Å². The number of benzene rings is 1. The van der Waals surface area contributed by atoms with Crippen molar-refractivity contribution < 1.29 is 14.7 Å². The van der Waals surface area contributed by atoms with Crippen LogP contribution in [0.25, 0.3) is 17.3 Å². The number of hydrogen-bond donors (Lipinski definition) is 2. The lowest BCUT2D eigenvalue weighted by Crippen LogP contribution is -2.17. The normalized spacial score (nSPS) is 15.8. The van der Waals surface area contributed by atoms with E-state index in [-0.39, 0.29) is 18.9 Å². The molecule has 2 N–H and O–H groups in total. The second-order valence-corrected chi connectivity index (χ2v) is 6.78. The molecule has 0 aliphatic carbocycles. The molecule has 0 unspecified atom stereocenters. The van der Waals surface area contributed by atoms with Crippen LogP contribution in [0.5, 0.6) is 0 Å². The standard InChI is InChI=1S/C16H13N3O3S2/c20-13(21)6-7-19-9-11(8-12-15(22)17-16(23)24-12)14(18-19)10-4-2-1-3-5-10/h1-5,8-9H,6-7H2,(H,20,21)(H,17,22,23)/b12-8+. The third kappa shape index (κ3) is 3.72. The van der Waals surface area contributed by atoms with Crippen LogP contribution in [-0.2, 0) is 16.1 Å². The molecule has 3 rings (SSSR count). The van der Waals surface area contributed by atoms with Crippen LogP contribution in [0.15, 0.2) is 41.4 Å². The van der Waals surface area contributed by atoms with Gasteiger partial charge in [-0.1, -0.05) is 54.3 Å². The first kappa shape index (κ1) is 16.4. The van der Waals surface area contributed by atoms with Crippen molar-refractivity contribution in [2.75, 3.05) is 0 Å². The molecule has 24 heavy (non-hydrogen) atoms. The lowest BCUT2D eigenvalue weighted by molar-refractivity contribution is -0.137. The first-order chi connectivity index (χ1) is 11.5. The molecule has 0 atom stereocenters. The van der Waals surface area contributed by atoms with Crippen LogP contribution < -0.4 is 5.32 Å². The highest BCUT2D eigenvalue weighted by molar-refractivity contribution is 8.26. The highest BCUT2D eigenvalue weighted by atomic mass is 32.2. The predicted molar refractivity (Wildman–Crippen MR) is 96.2 cm³/mol. The van der Waals surface area contributed by atoms with Crippen molar-refractivity contribution in [3.8, 4) is 11.3 Å². The monoisotopic (exact) mass is 359 g/mol. The summed E-state index contributed by atoms with van der Waals surface area (Å²) < 4.78 is 2.00. The van der Waals surface area contributed by atoms with E-state index in [1.54, 1.807) is 17.0 Å². The smallest absolute Gasteiger partial charge is 0.305 e. The number of carboxylic acid groups (broad SMARTS) is 1. The number of thiocarbonyl (C=S) groups is 1. The number of carboxylic acids is 1. The fourth-order valence-corrected chi connectivity index (χ4v) is 3.28. The van der Waals surface area contributed by atoms with Crippen LogP contribution in [0.4, 0.5) is 0 Å². The summed E-state index contributed by atoms with van der Waals surface area (Å²) in [5.74, 6) is -1.12. The first-order valence-corrected chi connectivity index (χ1v) is 8.35. The average molecular weight is 359 g/mol. The van der Waals surface area contributed by atoms with E-state index in [2.05, 4.69) is 10.4 Å². The molecule has 1 aliphatic rings. The van der Waals surface area contributed by atoms with Gasteiger partial charge < -0.3 is 10.4 Å². The van der Waals surface area contributed by atoms with Crippen LogP contribution in [0, 0.1) is 0 Å². The van der Waals surface area contributed by atoms with Gasteiger partial charge in [-0.25, -0.2) is 0 Å². The number of carbonyl (C=O) groups is 2. The van der Waals surface area contributed by atoms with Gasteiger partial charge >= 0.3 is 5.97 Å². The van der Waals surface area contributed by atoms with Gasteiger partial charge in [0.2, 0.25) is 0 Å². The van der Waals surface area contributed by atoms with Gasteiger partial charge in [0.05, 0.1) is 23.6 Å². The maximum absolute atomic E-state index is 11.9. The van der Waals surface area contributed by atoms with Crippen LogP contribution in [0.3, 0.4) is 0 Å². The topological polar surface area (TPSA) is 84.2 Å². The molecule has 1 amide bonds. The van der Waals surface area contributed by atoms with Crippen LogP contribution in [-0.4, -0.2) is 31.1 Å². The highest BCUT2D eigenvalue weighted by Gasteiger charge is 2.23. The van der Waals surface area contributed by atoms with Crippen molar-refractivity contribution in [2.24, 2.45) is 0 Å². The number of aromatic nitrogens is 2. The second kappa shape index (κ2) is 6.98. The van der Waals surface area contributed by atoms with Crippen molar-refractivity contribution >= 4 is 46.3 Å². The Balaban J connectivity index is 2.00. The Morgan fingerprint density at radius 1 is 1.38 bits per heavy atom. The zero-order chi connectivity index (χ0) is 17.1. The van der Waals surface area contributed by atoms with E-state index in [9.17, 15) is 9.59 Å². The summed E-state index contributed by atoms with van der Waals surface area (Å²) >= 11 is 6.20. The average Bonchev–Trinajstić information content (AvgIpc) is 3.09. The molecule has 2 aromatic rings. The molecule has 1 aromatic carbocycles. The fraction of sp³-hybridized carbons (Fsp3) is 0.125. The Bertz CT molecular complexity index is 844. The molecular formula is C16H13N3O3S2. The molecule has 0 spiro atoms. The van der Waals surface area contributed by atoms with Gasteiger partial charge in [-0.15, -0.1) is 0 Å². The zero-order valence-electron chi connectivity index (χ0n) is 12.4. The van der Waals surface area contributed by atoms with Gasteiger partial charge in [-0.2, -0.15) is 5.10 Å². The summed E-state index contributed by atoms with van der Waals surface area (Å²) in [5, 5.41) is 15.9.